The van der Waals surface area contributed by atoms with E-state index in [1.165, 1.54) is 6.33 Å². The van der Waals surface area contributed by atoms with Gasteiger partial charge in [-0.25, -0.2) is 9.78 Å². The van der Waals surface area contributed by atoms with Crippen LogP contribution in [-0.2, 0) is 27.4 Å². The van der Waals surface area contributed by atoms with Crippen LogP contribution in [0.4, 0.5) is 4.79 Å². The predicted molar refractivity (Wildman–Crippen MR) is 140 cm³/mol. The number of imidazole rings is 1. The van der Waals surface area contributed by atoms with Crippen LogP contribution in [0, 0.1) is 11.8 Å². The average molecular weight is 516 g/mol. The van der Waals surface area contributed by atoms with E-state index < -0.39 is 30.2 Å². The smallest absolute Gasteiger partial charge is 0.408 e. The number of hydrogen-bond donors (Lipinski definition) is 5. The summed E-state index contributed by atoms with van der Waals surface area (Å²) >= 11 is 0. The van der Waals surface area contributed by atoms with Gasteiger partial charge in [0, 0.05) is 19.2 Å². The minimum absolute atomic E-state index is 0.0594. The van der Waals surface area contributed by atoms with Crippen molar-refractivity contribution in [2.45, 2.75) is 78.2 Å². The maximum absolute atomic E-state index is 13.3. The summed E-state index contributed by atoms with van der Waals surface area (Å²) in [6.07, 6.45) is 2.68. The Bertz CT molecular complexity index is 951. The first-order valence-electron chi connectivity index (χ1n) is 12.9. The van der Waals surface area contributed by atoms with Gasteiger partial charge in [0.05, 0.1) is 30.6 Å². The number of H-pyrrole nitrogens is 1. The topological polar surface area (TPSA) is 145 Å². The first-order chi connectivity index (χ1) is 17.7. The number of aromatic nitrogens is 2. The largest absolute Gasteiger partial charge is 0.445 e. The van der Waals surface area contributed by atoms with Crippen molar-refractivity contribution in [1.82, 2.24) is 25.9 Å². The Balaban J connectivity index is 2.04. The van der Waals surface area contributed by atoms with Crippen LogP contribution in [0.25, 0.3) is 0 Å². The zero-order valence-corrected chi connectivity index (χ0v) is 22.2. The number of aliphatic hydroxyl groups is 1. The summed E-state index contributed by atoms with van der Waals surface area (Å²) in [5.41, 5.74) is 1.39. The van der Waals surface area contributed by atoms with E-state index in [9.17, 15) is 19.5 Å². The van der Waals surface area contributed by atoms with Crippen LogP contribution in [-0.4, -0.2) is 57.7 Å². The molecule has 0 unspecified atom stereocenters. The number of aromatic amines is 1. The number of nitrogens with zero attached hydrogens (tertiary/aromatic N) is 1. The van der Waals surface area contributed by atoms with Gasteiger partial charge in [0.25, 0.3) is 0 Å². The van der Waals surface area contributed by atoms with E-state index in [2.05, 4.69) is 25.9 Å². The summed E-state index contributed by atoms with van der Waals surface area (Å²) in [6, 6.07) is 7.55. The Morgan fingerprint density at radius 3 is 2.46 bits per heavy atom. The fraction of sp³-hybridized carbons (Fsp3) is 0.556. The molecule has 0 aliphatic carbocycles. The molecule has 204 valence electrons. The fourth-order valence-corrected chi connectivity index (χ4v) is 3.67. The molecule has 10 heteroatoms. The molecule has 0 saturated heterocycles. The highest BCUT2D eigenvalue weighted by atomic mass is 16.5. The zero-order valence-electron chi connectivity index (χ0n) is 22.2. The highest BCUT2D eigenvalue weighted by Crippen LogP contribution is 2.13. The van der Waals surface area contributed by atoms with Crippen molar-refractivity contribution in [2.24, 2.45) is 11.8 Å². The van der Waals surface area contributed by atoms with Crippen molar-refractivity contribution in [2.75, 3.05) is 6.54 Å². The van der Waals surface area contributed by atoms with Crippen molar-refractivity contribution >= 4 is 17.9 Å². The highest BCUT2D eigenvalue weighted by Gasteiger charge is 2.29. The molecule has 4 atom stereocenters. The molecule has 0 spiro atoms. The SMILES string of the molecule is CC[C@H](C)CNC(=O)C[C@H](O)[C@H](CC(C)C)NC(=O)[C@H](Cc1c[nH]cn1)NC(=O)OCc1ccccc1. The summed E-state index contributed by atoms with van der Waals surface area (Å²) in [5.74, 6) is -0.282. The van der Waals surface area contributed by atoms with Gasteiger partial charge in [0.15, 0.2) is 0 Å². The molecular weight excluding hydrogens is 474 g/mol. The van der Waals surface area contributed by atoms with E-state index in [4.69, 9.17) is 4.74 Å². The lowest BCUT2D eigenvalue weighted by atomic mass is 9.96. The van der Waals surface area contributed by atoms with Crippen molar-refractivity contribution in [3.63, 3.8) is 0 Å². The van der Waals surface area contributed by atoms with Crippen LogP contribution in [0.5, 0.6) is 0 Å². The number of ether oxygens (including phenoxy) is 1. The Kier molecular flexibility index (Phi) is 12.6. The van der Waals surface area contributed by atoms with E-state index in [1.54, 1.807) is 6.20 Å². The lowest BCUT2D eigenvalue weighted by Gasteiger charge is -2.28. The van der Waals surface area contributed by atoms with Gasteiger partial charge < -0.3 is 30.8 Å². The lowest BCUT2D eigenvalue weighted by molar-refractivity contribution is -0.127. The summed E-state index contributed by atoms with van der Waals surface area (Å²) < 4.78 is 5.29. The molecule has 0 radical (unpaired) electrons. The third-order valence-corrected chi connectivity index (χ3v) is 6.05. The molecule has 0 fully saturated rings. The van der Waals surface area contributed by atoms with Crippen LogP contribution in [0.1, 0.15) is 58.2 Å². The number of nitrogens with one attached hydrogen (secondary N) is 4. The minimum Gasteiger partial charge on any atom is -0.445 e. The number of carbonyl (C=O) groups is 3. The highest BCUT2D eigenvalue weighted by molar-refractivity contribution is 5.86. The Labute approximate surface area is 219 Å². The summed E-state index contributed by atoms with van der Waals surface area (Å²) in [7, 11) is 0. The van der Waals surface area contributed by atoms with Gasteiger partial charge in [-0.15, -0.1) is 0 Å². The monoisotopic (exact) mass is 515 g/mol. The van der Waals surface area contributed by atoms with Crippen molar-refractivity contribution < 1.29 is 24.2 Å². The molecule has 2 aromatic rings. The molecule has 0 bridgehead atoms. The molecule has 0 aliphatic rings. The molecule has 5 N–H and O–H groups in total. The molecule has 1 aromatic carbocycles. The summed E-state index contributed by atoms with van der Waals surface area (Å²) in [5, 5.41) is 19.1. The zero-order chi connectivity index (χ0) is 27.2. The molecule has 0 saturated carbocycles. The van der Waals surface area contributed by atoms with Crippen LogP contribution in [0.15, 0.2) is 42.9 Å². The van der Waals surface area contributed by atoms with E-state index >= 15 is 0 Å². The normalized spacial score (nSPS) is 14.3. The Morgan fingerprint density at radius 2 is 1.84 bits per heavy atom. The predicted octanol–water partition coefficient (Wildman–Crippen LogP) is 2.69. The van der Waals surface area contributed by atoms with Gasteiger partial charge in [-0.2, -0.15) is 0 Å². The second kappa shape index (κ2) is 15.7. The van der Waals surface area contributed by atoms with Crippen molar-refractivity contribution in [3.8, 4) is 0 Å². The van der Waals surface area contributed by atoms with Crippen molar-refractivity contribution in [3.05, 3.63) is 54.1 Å². The van der Waals surface area contributed by atoms with Crippen molar-refractivity contribution in [1.29, 1.82) is 0 Å². The second-order valence-corrected chi connectivity index (χ2v) is 9.86. The Morgan fingerprint density at radius 1 is 1.11 bits per heavy atom. The molecule has 1 heterocycles. The first kappa shape index (κ1) is 29.8. The van der Waals surface area contributed by atoms with Gasteiger partial charge in [-0.05, 0) is 23.8 Å². The quantitative estimate of drug-likeness (QED) is 0.247. The molecule has 0 aliphatic heterocycles. The number of rotatable bonds is 15. The number of amides is 3. The van der Waals surface area contributed by atoms with E-state index in [-0.39, 0.29) is 31.3 Å². The maximum atomic E-state index is 13.3. The molecular formula is C27H41N5O5. The fourth-order valence-electron chi connectivity index (χ4n) is 3.67. The number of alkyl carbamates (subject to hydrolysis) is 1. The number of carbonyl (C=O) groups excluding carboxylic acids is 3. The molecule has 2 rings (SSSR count). The lowest BCUT2D eigenvalue weighted by Crippen LogP contribution is -2.54. The summed E-state index contributed by atoms with van der Waals surface area (Å²) in [4.78, 5) is 45.1. The molecule has 10 nitrogen and oxygen atoms in total. The van der Waals surface area contributed by atoms with Gasteiger partial charge in [0.1, 0.15) is 12.6 Å². The number of hydrogen-bond acceptors (Lipinski definition) is 6. The van der Waals surface area contributed by atoms with Gasteiger partial charge in [-0.3, -0.25) is 9.59 Å². The second-order valence-electron chi connectivity index (χ2n) is 9.86. The van der Waals surface area contributed by atoms with Gasteiger partial charge in [0.2, 0.25) is 11.8 Å². The van der Waals surface area contributed by atoms with Crippen LogP contribution >= 0.6 is 0 Å². The maximum Gasteiger partial charge on any atom is 0.408 e. The van der Waals surface area contributed by atoms with E-state index in [1.807, 2.05) is 58.0 Å². The van der Waals surface area contributed by atoms with Gasteiger partial charge in [-0.1, -0.05) is 64.4 Å². The molecule has 1 aromatic heterocycles. The first-order valence-corrected chi connectivity index (χ1v) is 12.9. The third kappa shape index (κ3) is 11.5. The Hall–Kier alpha value is -3.40. The van der Waals surface area contributed by atoms with Crippen LogP contribution in [0.2, 0.25) is 0 Å². The standard InChI is InChI=1S/C27H41N5O5/c1-5-19(4)14-29-25(34)13-24(33)22(11-18(2)3)31-26(35)23(12-21-15-28-17-30-21)32-27(36)37-16-20-9-7-6-8-10-20/h6-10,15,17-19,22-24,33H,5,11-14,16H2,1-4H3,(H,28,30)(H,29,34)(H,31,35)(H,32,36)/t19-,22-,23-,24-/m0/s1. The average Bonchev–Trinajstić information content (AvgIpc) is 3.38. The van der Waals surface area contributed by atoms with Gasteiger partial charge >= 0.3 is 6.09 Å². The minimum atomic E-state index is -1.08. The van der Waals surface area contributed by atoms with Crippen LogP contribution in [0.3, 0.4) is 0 Å². The number of benzene rings is 1. The van der Waals surface area contributed by atoms with E-state index in [0.29, 0.717) is 24.6 Å². The molecule has 3 amide bonds. The number of aliphatic hydroxyl groups excluding tert-OH is 1. The van der Waals surface area contributed by atoms with E-state index in [0.717, 1.165) is 12.0 Å². The molecule has 37 heavy (non-hydrogen) atoms. The van der Waals surface area contributed by atoms with Crippen LogP contribution < -0.4 is 16.0 Å². The third-order valence-electron chi connectivity index (χ3n) is 6.05. The summed E-state index contributed by atoms with van der Waals surface area (Å²) in [6.45, 7) is 8.61.